The lowest BCUT2D eigenvalue weighted by Gasteiger charge is -2.30. The number of ether oxygens (including phenoxy) is 1. The molecule has 30 heavy (non-hydrogen) atoms. The second-order valence-electron chi connectivity index (χ2n) is 6.85. The molecular weight excluding hydrogens is 416 g/mol. The average molecular weight is 436 g/mol. The average Bonchev–Trinajstić information content (AvgIpc) is 2.68. The zero-order valence-corrected chi connectivity index (χ0v) is 16.8. The number of nitrogens with zero attached hydrogens (tertiary/aromatic N) is 2. The van der Waals surface area contributed by atoms with Crippen LogP contribution in [0.5, 0.6) is 5.75 Å². The second-order valence-corrected chi connectivity index (χ2v) is 8.87. The molecule has 0 aliphatic carbocycles. The molecule has 2 amide bonds. The highest BCUT2D eigenvalue weighted by molar-refractivity contribution is 7.90. The third kappa shape index (κ3) is 4.43. The van der Waals surface area contributed by atoms with Gasteiger partial charge in [0.15, 0.2) is 21.3 Å². The number of amides is 2. The number of hydrogen-bond acceptors (Lipinski definition) is 7. The summed E-state index contributed by atoms with van der Waals surface area (Å²) in [6, 6.07) is 5.52. The van der Waals surface area contributed by atoms with Gasteiger partial charge >= 0.3 is 6.09 Å². The molecule has 2 heterocycles. The van der Waals surface area contributed by atoms with Crippen LogP contribution in [0, 0.1) is 0 Å². The summed E-state index contributed by atoms with van der Waals surface area (Å²) in [6.45, 7) is 0.474. The quantitative estimate of drug-likeness (QED) is 0.606. The molecule has 2 aromatic rings. The molecule has 1 aromatic carbocycles. The molecule has 0 spiro atoms. The van der Waals surface area contributed by atoms with E-state index in [-0.39, 0.29) is 35.0 Å². The van der Waals surface area contributed by atoms with Crippen LogP contribution in [0.1, 0.15) is 23.3 Å². The van der Waals surface area contributed by atoms with E-state index in [2.05, 4.69) is 10.2 Å². The Morgan fingerprint density at radius 1 is 1.23 bits per heavy atom. The first-order valence-electron chi connectivity index (χ1n) is 8.95. The number of carbonyl (C=O) groups is 2. The predicted molar refractivity (Wildman–Crippen MR) is 105 cm³/mol. The van der Waals surface area contributed by atoms with Crippen molar-refractivity contribution in [3.63, 3.8) is 0 Å². The molecule has 0 saturated carbocycles. The molecule has 0 bridgehead atoms. The summed E-state index contributed by atoms with van der Waals surface area (Å²) >= 11 is 0. The number of carbonyl (C=O) groups excluding carboxylic acids is 1. The van der Waals surface area contributed by atoms with E-state index in [1.165, 1.54) is 29.2 Å². The number of nitrogens with two attached hydrogens (primary N) is 1. The van der Waals surface area contributed by atoms with Crippen LogP contribution in [0.15, 0.2) is 34.0 Å². The van der Waals surface area contributed by atoms with E-state index < -0.39 is 33.5 Å². The SMILES string of the molecule is CS(=O)(=O)c1ccc(-c2c(OC3CCN(C(=O)O)CC3)c(C(N)=O)n[nH]c2=O)cc1. The number of rotatable bonds is 5. The van der Waals surface area contributed by atoms with E-state index in [0.717, 1.165) is 6.26 Å². The van der Waals surface area contributed by atoms with Crippen LogP contribution in [0.4, 0.5) is 4.79 Å². The maximum atomic E-state index is 12.5. The molecule has 3 rings (SSSR count). The monoisotopic (exact) mass is 436 g/mol. The maximum Gasteiger partial charge on any atom is 0.407 e. The van der Waals surface area contributed by atoms with Gasteiger partial charge in [-0.3, -0.25) is 9.59 Å². The molecule has 4 N–H and O–H groups in total. The molecular formula is C18H20N4O7S. The Balaban J connectivity index is 2.01. The van der Waals surface area contributed by atoms with Gasteiger partial charge in [-0.1, -0.05) is 12.1 Å². The van der Waals surface area contributed by atoms with E-state index in [1.54, 1.807) is 0 Å². The minimum Gasteiger partial charge on any atom is -0.487 e. The number of aromatic nitrogens is 2. The molecule has 1 aliphatic rings. The fourth-order valence-electron chi connectivity index (χ4n) is 3.18. The molecule has 0 unspecified atom stereocenters. The van der Waals surface area contributed by atoms with E-state index in [4.69, 9.17) is 15.6 Å². The second kappa shape index (κ2) is 8.14. The van der Waals surface area contributed by atoms with Gasteiger partial charge in [0.25, 0.3) is 11.5 Å². The summed E-state index contributed by atoms with van der Waals surface area (Å²) in [5, 5.41) is 15.0. The molecule has 0 radical (unpaired) electrons. The lowest BCUT2D eigenvalue weighted by atomic mass is 10.0. The predicted octanol–water partition coefficient (Wildman–Crippen LogP) is 0.461. The first-order valence-corrected chi connectivity index (χ1v) is 10.8. The zero-order chi connectivity index (χ0) is 22.1. The van der Waals surface area contributed by atoms with Crippen molar-refractivity contribution in [1.29, 1.82) is 0 Å². The minimum atomic E-state index is -3.43. The van der Waals surface area contributed by atoms with E-state index >= 15 is 0 Å². The van der Waals surface area contributed by atoms with Crippen LogP contribution in [-0.4, -0.2) is 66.1 Å². The zero-order valence-electron chi connectivity index (χ0n) is 16.0. The number of primary amides is 1. The van der Waals surface area contributed by atoms with E-state index in [9.17, 15) is 22.8 Å². The van der Waals surface area contributed by atoms with Crippen molar-refractivity contribution >= 4 is 21.8 Å². The number of nitrogens with one attached hydrogen (secondary N) is 1. The Morgan fingerprint density at radius 3 is 2.33 bits per heavy atom. The molecule has 1 aromatic heterocycles. The van der Waals surface area contributed by atoms with Gasteiger partial charge in [0.05, 0.1) is 10.5 Å². The number of hydrogen-bond donors (Lipinski definition) is 3. The summed E-state index contributed by atoms with van der Waals surface area (Å²) in [5.74, 6) is -1.04. The fourth-order valence-corrected chi connectivity index (χ4v) is 3.81. The van der Waals surface area contributed by atoms with Gasteiger partial charge in [-0.05, 0) is 17.7 Å². The number of aromatic amines is 1. The molecule has 1 fully saturated rings. The van der Waals surface area contributed by atoms with Crippen LogP contribution in [0.2, 0.25) is 0 Å². The maximum absolute atomic E-state index is 12.5. The van der Waals surface area contributed by atoms with Gasteiger partial charge in [0.2, 0.25) is 0 Å². The summed E-state index contributed by atoms with van der Waals surface area (Å²) in [7, 11) is -3.43. The summed E-state index contributed by atoms with van der Waals surface area (Å²) in [4.78, 5) is 36.8. The normalized spacial score (nSPS) is 15.0. The summed E-state index contributed by atoms with van der Waals surface area (Å²) in [5.41, 5.74) is 4.76. The van der Waals surface area contributed by atoms with Crippen molar-refractivity contribution < 1.29 is 27.9 Å². The Bertz CT molecular complexity index is 1130. The Morgan fingerprint density at radius 2 is 1.83 bits per heavy atom. The number of H-pyrrole nitrogens is 1. The third-order valence-corrected chi connectivity index (χ3v) is 5.87. The van der Waals surface area contributed by atoms with Crippen LogP contribution < -0.4 is 16.0 Å². The minimum absolute atomic E-state index is 0.0143. The van der Waals surface area contributed by atoms with E-state index in [0.29, 0.717) is 18.4 Å². The van der Waals surface area contributed by atoms with Crippen LogP contribution in [-0.2, 0) is 9.84 Å². The molecule has 11 nitrogen and oxygen atoms in total. The van der Waals surface area contributed by atoms with Crippen molar-refractivity contribution in [3.05, 3.63) is 40.3 Å². The number of sulfone groups is 1. The molecule has 1 saturated heterocycles. The van der Waals surface area contributed by atoms with Crippen molar-refractivity contribution in [1.82, 2.24) is 15.1 Å². The van der Waals surface area contributed by atoms with Crippen molar-refractivity contribution in [2.24, 2.45) is 5.73 Å². The van der Waals surface area contributed by atoms with Gasteiger partial charge in [-0.25, -0.2) is 18.3 Å². The highest BCUT2D eigenvalue weighted by atomic mass is 32.2. The molecule has 12 heteroatoms. The number of piperidine rings is 1. The van der Waals surface area contributed by atoms with Crippen molar-refractivity contribution in [3.8, 4) is 16.9 Å². The first-order chi connectivity index (χ1) is 14.1. The Kier molecular flexibility index (Phi) is 5.78. The van der Waals surface area contributed by atoms with Gasteiger partial charge in [0.1, 0.15) is 6.10 Å². The highest BCUT2D eigenvalue weighted by Crippen LogP contribution is 2.31. The largest absolute Gasteiger partial charge is 0.487 e. The highest BCUT2D eigenvalue weighted by Gasteiger charge is 2.28. The number of carboxylic acid groups (broad SMARTS) is 1. The summed E-state index contributed by atoms with van der Waals surface area (Å²) < 4.78 is 29.3. The first kappa shape index (κ1) is 21.3. The van der Waals surface area contributed by atoms with Crippen LogP contribution in [0.3, 0.4) is 0 Å². The van der Waals surface area contributed by atoms with Gasteiger partial charge in [-0.15, -0.1) is 0 Å². The van der Waals surface area contributed by atoms with E-state index in [1.807, 2.05) is 0 Å². The topological polar surface area (TPSA) is 173 Å². The standard InChI is InChI=1S/C18H20N4O7S/c1-30(27,28)12-4-2-10(3-5-12)13-15(14(16(19)23)20-21-17(13)24)29-11-6-8-22(9-7-11)18(25)26/h2-5,11H,6-9H2,1H3,(H2,19,23)(H,21,24)(H,25,26). The van der Waals surface area contributed by atoms with Crippen LogP contribution in [0.25, 0.3) is 11.1 Å². The fraction of sp³-hybridized carbons (Fsp3) is 0.333. The molecule has 1 aliphatic heterocycles. The third-order valence-electron chi connectivity index (χ3n) is 4.74. The Labute approximate surface area is 171 Å². The van der Waals surface area contributed by atoms with Gasteiger partial charge in [-0.2, -0.15) is 5.10 Å². The number of likely N-dealkylation sites (tertiary alicyclic amines) is 1. The smallest absolute Gasteiger partial charge is 0.407 e. The van der Waals surface area contributed by atoms with Gasteiger partial charge < -0.3 is 20.5 Å². The lowest BCUT2D eigenvalue weighted by Crippen LogP contribution is -2.41. The molecule has 0 atom stereocenters. The van der Waals surface area contributed by atoms with Crippen molar-refractivity contribution in [2.75, 3.05) is 19.3 Å². The van der Waals surface area contributed by atoms with Crippen molar-refractivity contribution in [2.45, 2.75) is 23.8 Å². The van der Waals surface area contributed by atoms with Crippen LogP contribution >= 0.6 is 0 Å². The lowest BCUT2D eigenvalue weighted by molar-refractivity contribution is 0.0871. The van der Waals surface area contributed by atoms with Gasteiger partial charge in [0, 0.05) is 32.2 Å². The molecule has 160 valence electrons. The summed E-state index contributed by atoms with van der Waals surface area (Å²) in [6.07, 6.45) is 0.268. The Hall–Kier alpha value is -3.41. The number of benzene rings is 1.